The van der Waals surface area contributed by atoms with E-state index >= 15 is 0 Å². The first kappa shape index (κ1) is 16.4. The minimum absolute atomic E-state index is 0.0801. The van der Waals surface area contributed by atoms with Crippen LogP contribution in [0.4, 0.5) is 8.78 Å². The molecule has 5 heteroatoms. The lowest BCUT2D eigenvalue weighted by molar-refractivity contribution is 0.288. The molecule has 0 heterocycles. The minimum Gasteiger partial charge on any atom is -0.489 e. The van der Waals surface area contributed by atoms with E-state index in [2.05, 4.69) is 35.1 Å². The van der Waals surface area contributed by atoms with Crippen molar-refractivity contribution in [2.24, 2.45) is 5.92 Å². The van der Waals surface area contributed by atoms with Gasteiger partial charge in [0.2, 0.25) is 0 Å². The summed E-state index contributed by atoms with van der Waals surface area (Å²) < 4.78 is 31.9. The number of hydrogen-bond donors (Lipinski definition) is 1. The predicted molar refractivity (Wildman–Crippen MR) is 76.5 cm³/mol. The van der Waals surface area contributed by atoms with Crippen LogP contribution in [0.3, 0.4) is 0 Å². The van der Waals surface area contributed by atoms with Gasteiger partial charge in [-0.15, -0.1) is 0 Å². The highest BCUT2D eigenvalue weighted by atomic mass is 79.9. The van der Waals surface area contributed by atoms with Crippen LogP contribution >= 0.6 is 15.9 Å². The molecule has 0 fully saturated rings. The van der Waals surface area contributed by atoms with Gasteiger partial charge in [-0.1, -0.05) is 13.8 Å². The van der Waals surface area contributed by atoms with Gasteiger partial charge in [0.15, 0.2) is 11.6 Å². The summed E-state index contributed by atoms with van der Waals surface area (Å²) in [4.78, 5) is 0. The molecule has 2 nitrogen and oxygen atoms in total. The normalized spacial score (nSPS) is 11.1. The van der Waals surface area contributed by atoms with E-state index in [-0.39, 0.29) is 5.75 Å². The van der Waals surface area contributed by atoms with Crippen LogP contribution in [0.15, 0.2) is 16.6 Å². The second kappa shape index (κ2) is 8.48. The monoisotopic (exact) mass is 335 g/mol. The summed E-state index contributed by atoms with van der Waals surface area (Å²) in [5.41, 5.74) is 0. The third-order valence-electron chi connectivity index (χ3n) is 2.51. The van der Waals surface area contributed by atoms with E-state index in [0.29, 0.717) is 17.0 Å². The van der Waals surface area contributed by atoms with E-state index in [9.17, 15) is 8.78 Å². The summed E-state index contributed by atoms with van der Waals surface area (Å²) in [5.74, 6) is -0.573. The number of unbranched alkanes of at least 4 members (excludes halogenated alkanes) is 1. The fourth-order valence-electron chi connectivity index (χ4n) is 1.58. The molecule has 0 aliphatic heterocycles. The number of benzene rings is 1. The van der Waals surface area contributed by atoms with E-state index in [0.717, 1.165) is 32.0 Å². The molecule has 19 heavy (non-hydrogen) atoms. The van der Waals surface area contributed by atoms with Crippen LogP contribution in [-0.4, -0.2) is 19.7 Å². The van der Waals surface area contributed by atoms with Crippen molar-refractivity contribution in [1.82, 2.24) is 5.32 Å². The summed E-state index contributed by atoms with van der Waals surface area (Å²) in [5, 5.41) is 3.33. The average Bonchev–Trinajstić information content (AvgIpc) is 2.30. The molecule has 0 atom stereocenters. The molecule has 0 aromatic heterocycles. The van der Waals surface area contributed by atoms with Crippen molar-refractivity contribution < 1.29 is 13.5 Å². The molecule has 108 valence electrons. The van der Waals surface area contributed by atoms with Gasteiger partial charge in [-0.3, -0.25) is 0 Å². The highest BCUT2D eigenvalue weighted by Gasteiger charge is 2.10. The molecule has 0 saturated carbocycles. The van der Waals surface area contributed by atoms with E-state index in [1.165, 1.54) is 6.07 Å². The topological polar surface area (TPSA) is 21.3 Å². The van der Waals surface area contributed by atoms with Crippen molar-refractivity contribution >= 4 is 15.9 Å². The Balaban J connectivity index is 2.23. The van der Waals surface area contributed by atoms with Crippen LogP contribution in [0.1, 0.15) is 26.7 Å². The Hall–Kier alpha value is -0.680. The lowest BCUT2D eigenvalue weighted by Crippen LogP contribution is -2.21. The Morgan fingerprint density at radius 1 is 1.26 bits per heavy atom. The molecule has 0 aliphatic carbocycles. The number of rotatable bonds is 8. The molecule has 0 bridgehead atoms. The van der Waals surface area contributed by atoms with Crippen LogP contribution in [0.2, 0.25) is 0 Å². The zero-order valence-electron chi connectivity index (χ0n) is 11.3. The van der Waals surface area contributed by atoms with Gasteiger partial charge in [-0.25, -0.2) is 8.78 Å². The molecule has 1 rings (SSSR count). The number of halogens is 3. The van der Waals surface area contributed by atoms with Crippen LogP contribution in [0, 0.1) is 17.6 Å². The second-order valence-corrected chi connectivity index (χ2v) is 5.71. The molecular weight excluding hydrogens is 316 g/mol. The average molecular weight is 336 g/mol. The molecular formula is C14H20BrF2NO. The zero-order chi connectivity index (χ0) is 14.3. The summed E-state index contributed by atoms with van der Waals surface area (Å²) in [6, 6.07) is 2.02. The first-order chi connectivity index (χ1) is 9.00. The van der Waals surface area contributed by atoms with Gasteiger partial charge < -0.3 is 10.1 Å². The lowest BCUT2D eigenvalue weighted by Gasteiger charge is -2.10. The summed E-state index contributed by atoms with van der Waals surface area (Å²) in [7, 11) is 0. The maximum absolute atomic E-state index is 13.4. The smallest absolute Gasteiger partial charge is 0.169 e. The number of nitrogens with one attached hydrogen (secondary N) is 1. The van der Waals surface area contributed by atoms with Gasteiger partial charge in [0.25, 0.3) is 0 Å². The first-order valence-corrected chi connectivity index (χ1v) is 7.28. The maximum atomic E-state index is 13.4. The number of ether oxygens (including phenoxy) is 1. The van der Waals surface area contributed by atoms with Crippen LogP contribution in [0.25, 0.3) is 0 Å². The Morgan fingerprint density at radius 2 is 2.00 bits per heavy atom. The minimum atomic E-state index is -0.676. The van der Waals surface area contributed by atoms with Crippen molar-refractivity contribution in [2.75, 3.05) is 19.7 Å². The Labute approximate surface area is 121 Å². The molecule has 0 saturated heterocycles. The molecule has 0 spiro atoms. The first-order valence-electron chi connectivity index (χ1n) is 6.48. The van der Waals surface area contributed by atoms with Crippen LogP contribution < -0.4 is 10.1 Å². The summed E-state index contributed by atoms with van der Waals surface area (Å²) >= 11 is 3.09. The molecule has 0 radical (unpaired) electrons. The van der Waals surface area contributed by atoms with E-state index < -0.39 is 11.6 Å². The third-order valence-corrected chi connectivity index (χ3v) is 3.10. The Bertz CT molecular complexity index is 376. The van der Waals surface area contributed by atoms with Gasteiger partial charge in [-0.2, -0.15) is 0 Å². The maximum Gasteiger partial charge on any atom is 0.169 e. The summed E-state index contributed by atoms with van der Waals surface area (Å²) in [6.45, 7) is 6.66. The standard InChI is InChI=1S/C14H20BrF2NO/c1-10(2)9-18-5-3-4-6-19-14-12(15)7-11(16)8-13(14)17/h7-8,10,18H,3-6,9H2,1-2H3. The SMILES string of the molecule is CC(C)CNCCCCOc1c(F)cc(F)cc1Br. The number of hydrogen-bond acceptors (Lipinski definition) is 2. The van der Waals surface area contributed by atoms with Crippen LogP contribution in [0.5, 0.6) is 5.75 Å². The van der Waals surface area contributed by atoms with Gasteiger partial charge in [0.1, 0.15) is 5.82 Å². The molecule has 1 N–H and O–H groups in total. The Kier molecular flexibility index (Phi) is 7.31. The van der Waals surface area contributed by atoms with Crippen molar-refractivity contribution in [3.05, 3.63) is 28.2 Å². The van der Waals surface area contributed by atoms with E-state index in [4.69, 9.17) is 4.74 Å². The van der Waals surface area contributed by atoms with Gasteiger partial charge in [-0.05, 0) is 53.8 Å². The largest absolute Gasteiger partial charge is 0.489 e. The molecule has 0 amide bonds. The Morgan fingerprint density at radius 3 is 2.63 bits per heavy atom. The van der Waals surface area contributed by atoms with Crippen molar-refractivity contribution in [1.29, 1.82) is 0 Å². The fraction of sp³-hybridized carbons (Fsp3) is 0.571. The molecule has 1 aromatic rings. The van der Waals surface area contributed by atoms with Crippen LogP contribution in [-0.2, 0) is 0 Å². The van der Waals surface area contributed by atoms with Gasteiger partial charge in [0, 0.05) is 6.07 Å². The quantitative estimate of drug-likeness (QED) is 0.721. The second-order valence-electron chi connectivity index (χ2n) is 4.85. The van der Waals surface area contributed by atoms with Crippen molar-refractivity contribution in [3.8, 4) is 5.75 Å². The molecule has 0 unspecified atom stereocenters. The molecule has 0 aliphatic rings. The van der Waals surface area contributed by atoms with Crippen molar-refractivity contribution in [2.45, 2.75) is 26.7 Å². The zero-order valence-corrected chi connectivity index (χ0v) is 12.9. The van der Waals surface area contributed by atoms with Gasteiger partial charge in [0.05, 0.1) is 11.1 Å². The fourth-order valence-corrected chi connectivity index (χ4v) is 2.11. The highest BCUT2D eigenvalue weighted by molar-refractivity contribution is 9.10. The molecule has 1 aromatic carbocycles. The van der Waals surface area contributed by atoms with Gasteiger partial charge >= 0.3 is 0 Å². The van der Waals surface area contributed by atoms with Crippen molar-refractivity contribution in [3.63, 3.8) is 0 Å². The van der Waals surface area contributed by atoms with E-state index in [1.54, 1.807) is 0 Å². The highest BCUT2D eigenvalue weighted by Crippen LogP contribution is 2.29. The lowest BCUT2D eigenvalue weighted by atomic mass is 10.2. The third kappa shape index (κ3) is 6.34. The van der Waals surface area contributed by atoms with E-state index in [1.807, 2.05) is 0 Å². The summed E-state index contributed by atoms with van der Waals surface area (Å²) in [6.07, 6.45) is 1.79. The predicted octanol–water partition coefficient (Wildman–Crippen LogP) is 4.13.